The summed E-state index contributed by atoms with van der Waals surface area (Å²) in [5.41, 5.74) is 3.89. The van der Waals surface area contributed by atoms with E-state index in [2.05, 4.69) is 65.5 Å². The highest BCUT2D eigenvalue weighted by atomic mass is 79.9. The van der Waals surface area contributed by atoms with E-state index in [0.29, 0.717) is 45.9 Å². The number of likely N-dealkylation sites (N-methyl/N-ethyl adjacent to an activating group) is 1. The number of aromatic nitrogens is 2. The van der Waals surface area contributed by atoms with Crippen molar-refractivity contribution in [2.45, 2.75) is 50.1 Å². The number of amides is 5. The average molecular weight is 843 g/mol. The van der Waals surface area contributed by atoms with Crippen LogP contribution in [-0.2, 0) is 16.6 Å². The van der Waals surface area contributed by atoms with Crippen LogP contribution in [0.1, 0.15) is 74.7 Å². The van der Waals surface area contributed by atoms with E-state index in [4.69, 9.17) is 0 Å². The van der Waals surface area contributed by atoms with Crippen LogP contribution < -0.4 is 21.1 Å². The number of imide groups is 2. The van der Waals surface area contributed by atoms with Gasteiger partial charge >= 0.3 is 0 Å². The fourth-order valence-corrected chi connectivity index (χ4v) is 9.58. The minimum atomic E-state index is -0.976. The number of carbonyl (C=O) groups excluding carboxylic acids is 5. The van der Waals surface area contributed by atoms with Crippen LogP contribution in [0.2, 0.25) is 0 Å². The van der Waals surface area contributed by atoms with Crippen molar-refractivity contribution in [2.75, 3.05) is 76.2 Å². The van der Waals surface area contributed by atoms with Crippen LogP contribution in [0.5, 0.6) is 0 Å². The molecule has 5 amide bonds. The van der Waals surface area contributed by atoms with Gasteiger partial charge in [0.15, 0.2) is 0 Å². The predicted octanol–water partition coefficient (Wildman–Crippen LogP) is 2.52. The van der Waals surface area contributed by atoms with Gasteiger partial charge in [-0.05, 0) is 96.4 Å². The number of piperidine rings is 3. The normalized spacial score (nSPS) is 23.8. The molecule has 0 bridgehead atoms. The summed E-state index contributed by atoms with van der Waals surface area (Å²) in [4.78, 5) is 86.4. The Labute approximate surface area is 339 Å². The largest absolute Gasteiger partial charge is 0.379 e. The second kappa shape index (κ2) is 16.1. The standard InChI is InChI=1S/C41H48BrN9O6/c1-46-23-28(19-29(24-46)44-33-21-43-47(2)41(57)36(33)42)26-3-5-27(6-4-26)38(54)50-17-15-48(16-18-50)22-25-11-13-49(14-12-25)30-7-8-31-32(20-30)40(56)51(39(31)55)34-9-10-35(52)45-37(34)53/h3-8,20-21,25,28-29,34,44H,9-19,22-24H2,1-2H3,(H,45,52,53). The third-order valence-corrected chi connectivity index (χ3v) is 13.0. The third kappa shape index (κ3) is 7.99. The van der Waals surface area contributed by atoms with Gasteiger partial charge in [-0.2, -0.15) is 5.10 Å². The van der Waals surface area contributed by atoms with E-state index in [1.807, 2.05) is 23.1 Å². The molecule has 3 atom stereocenters. The summed E-state index contributed by atoms with van der Waals surface area (Å²) in [6, 6.07) is 12.6. The Kier molecular flexibility index (Phi) is 11.0. The Morgan fingerprint density at radius 3 is 2.32 bits per heavy atom. The number of rotatable bonds is 8. The molecule has 16 heteroatoms. The lowest BCUT2D eigenvalue weighted by Crippen LogP contribution is -2.54. The lowest BCUT2D eigenvalue weighted by Gasteiger charge is -2.39. The average Bonchev–Trinajstić information content (AvgIpc) is 3.46. The number of aryl methyl sites for hydroxylation is 1. The van der Waals surface area contributed by atoms with Crippen LogP contribution in [0.4, 0.5) is 11.4 Å². The molecule has 3 unspecified atom stereocenters. The van der Waals surface area contributed by atoms with Gasteiger partial charge in [0.2, 0.25) is 11.8 Å². The summed E-state index contributed by atoms with van der Waals surface area (Å²) in [5.74, 6) is -1.13. The number of likely N-dealkylation sites (tertiary alicyclic amines) is 1. The van der Waals surface area contributed by atoms with Gasteiger partial charge in [-0.1, -0.05) is 12.1 Å². The Balaban J connectivity index is 0.796. The van der Waals surface area contributed by atoms with E-state index in [1.54, 1.807) is 25.4 Å². The van der Waals surface area contributed by atoms with Gasteiger partial charge in [-0.3, -0.25) is 43.9 Å². The quantitative estimate of drug-likeness (QED) is 0.321. The number of hydrogen-bond acceptors (Lipinski definition) is 11. The van der Waals surface area contributed by atoms with Crippen LogP contribution in [0.25, 0.3) is 0 Å². The zero-order valence-corrected chi connectivity index (χ0v) is 33.9. The van der Waals surface area contributed by atoms with Crippen molar-refractivity contribution in [3.8, 4) is 0 Å². The van der Waals surface area contributed by atoms with Gasteiger partial charge in [0, 0.05) is 89.7 Å². The molecule has 4 saturated heterocycles. The van der Waals surface area contributed by atoms with Gasteiger partial charge in [-0.15, -0.1) is 0 Å². The van der Waals surface area contributed by atoms with E-state index in [-0.39, 0.29) is 36.3 Å². The van der Waals surface area contributed by atoms with Gasteiger partial charge in [-0.25, -0.2) is 4.68 Å². The minimum absolute atomic E-state index is 0.0626. The lowest BCUT2D eigenvalue weighted by molar-refractivity contribution is -0.136. The molecule has 2 aromatic carbocycles. The molecule has 5 aliphatic rings. The first kappa shape index (κ1) is 38.9. The topological polar surface area (TPSA) is 160 Å². The Morgan fingerprint density at radius 1 is 0.877 bits per heavy atom. The molecule has 4 fully saturated rings. The summed E-state index contributed by atoms with van der Waals surface area (Å²) in [6.07, 6.45) is 4.78. The van der Waals surface area contributed by atoms with Crippen LogP contribution >= 0.6 is 15.9 Å². The van der Waals surface area contributed by atoms with E-state index in [9.17, 15) is 28.8 Å². The van der Waals surface area contributed by atoms with Crippen LogP contribution in [0.15, 0.2) is 57.9 Å². The maximum Gasteiger partial charge on any atom is 0.282 e. The van der Waals surface area contributed by atoms with Crippen molar-refractivity contribution in [3.63, 3.8) is 0 Å². The second-order valence-corrected chi connectivity index (χ2v) is 16.9. The number of hydrogen-bond donors (Lipinski definition) is 2. The Hall–Kier alpha value is -4.93. The number of benzene rings is 2. The van der Waals surface area contributed by atoms with Crippen molar-refractivity contribution in [1.82, 2.24) is 34.7 Å². The molecule has 3 aromatic rings. The third-order valence-electron chi connectivity index (χ3n) is 12.3. The zero-order valence-electron chi connectivity index (χ0n) is 32.3. The summed E-state index contributed by atoms with van der Waals surface area (Å²) in [6.45, 7) is 7.42. The number of nitrogens with zero attached hydrogens (tertiary/aromatic N) is 7. The SMILES string of the molecule is CN1CC(Nc2cnn(C)c(=O)c2Br)CC(c2ccc(C(=O)N3CCN(CC4CCN(c5ccc6c(c5)C(=O)N(C5CCC(=O)NC5=O)C6=O)CC4)CC3)cc2)C1. The minimum Gasteiger partial charge on any atom is -0.379 e. The summed E-state index contributed by atoms with van der Waals surface area (Å²) in [7, 11) is 3.73. The first-order valence-corrected chi connectivity index (χ1v) is 20.6. The van der Waals surface area contributed by atoms with Crippen molar-refractivity contribution in [1.29, 1.82) is 0 Å². The Bertz CT molecular complexity index is 2140. The molecule has 15 nitrogen and oxygen atoms in total. The van der Waals surface area contributed by atoms with E-state index in [0.717, 1.165) is 75.7 Å². The summed E-state index contributed by atoms with van der Waals surface area (Å²) in [5, 5.41) is 9.91. The molecule has 1 aromatic heterocycles. The molecular weight excluding hydrogens is 794 g/mol. The van der Waals surface area contributed by atoms with E-state index in [1.165, 1.54) is 10.2 Å². The molecule has 300 valence electrons. The van der Waals surface area contributed by atoms with E-state index < -0.39 is 29.7 Å². The molecule has 0 aliphatic carbocycles. The first-order chi connectivity index (χ1) is 27.4. The molecule has 0 radical (unpaired) electrons. The predicted molar refractivity (Wildman–Crippen MR) is 216 cm³/mol. The van der Waals surface area contributed by atoms with Gasteiger partial charge in [0.05, 0.1) is 23.0 Å². The fourth-order valence-electron chi connectivity index (χ4n) is 9.11. The highest BCUT2D eigenvalue weighted by Crippen LogP contribution is 2.33. The summed E-state index contributed by atoms with van der Waals surface area (Å²) >= 11 is 3.42. The van der Waals surface area contributed by atoms with Crippen LogP contribution in [0.3, 0.4) is 0 Å². The molecule has 0 saturated carbocycles. The molecule has 57 heavy (non-hydrogen) atoms. The van der Waals surface area contributed by atoms with Crippen molar-refractivity contribution in [2.24, 2.45) is 13.0 Å². The lowest BCUT2D eigenvalue weighted by atomic mass is 9.87. The molecule has 5 aliphatic heterocycles. The second-order valence-electron chi connectivity index (χ2n) is 16.1. The first-order valence-electron chi connectivity index (χ1n) is 19.8. The zero-order chi connectivity index (χ0) is 40.0. The monoisotopic (exact) mass is 841 g/mol. The highest BCUT2D eigenvalue weighted by Gasteiger charge is 2.45. The fraction of sp³-hybridized carbons (Fsp3) is 0.488. The number of carbonyl (C=O) groups is 5. The molecule has 2 N–H and O–H groups in total. The number of anilines is 2. The smallest absolute Gasteiger partial charge is 0.282 e. The maximum absolute atomic E-state index is 13.6. The van der Waals surface area contributed by atoms with Gasteiger partial charge < -0.3 is 20.0 Å². The maximum atomic E-state index is 13.6. The van der Waals surface area contributed by atoms with Crippen LogP contribution in [-0.4, -0.2) is 137 Å². The van der Waals surface area contributed by atoms with Crippen molar-refractivity contribution in [3.05, 3.63) is 85.7 Å². The molecule has 6 heterocycles. The van der Waals surface area contributed by atoms with Gasteiger partial charge in [0.1, 0.15) is 10.5 Å². The van der Waals surface area contributed by atoms with Crippen molar-refractivity contribution >= 4 is 56.8 Å². The van der Waals surface area contributed by atoms with Gasteiger partial charge in [0.25, 0.3) is 23.3 Å². The number of fused-ring (bicyclic) bond motifs is 1. The number of halogens is 1. The highest BCUT2D eigenvalue weighted by molar-refractivity contribution is 9.10. The molecular formula is C41H48BrN9O6. The Morgan fingerprint density at radius 2 is 1.60 bits per heavy atom. The molecule has 8 rings (SSSR count). The number of nitrogens with one attached hydrogen (secondary N) is 2. The number of piperazine rings is 1. The summed E-state index contributed by atoms with van der Waals surface area (Å²) < 4.78 is 1.78. The van der Waals surface area contributed by atoms with Crippen LogP contribution in [0, 0.1) is 5.92 Å². The van der Waals surface area contributed by atoms with Crippen molar-refractivity contribution < 1.29 is 24.0 Å². The van der Waals surface area contributed by atoms with E-state index >= 15 is 0 Å². The molecule has 0 spiro atoms.